The van der Waals surface area contributed by atoms with Crippen LogP contribution in [0.15, 0.2) is 60.9 Å². The maximum Gasteiger partial charge on any atom is 0.271 e. The number of benzene rings is 1. The zero-order valence-electron chi connectivity index (χ0n) is 13.9. The van der Waals surface area contributed by atoms with E-state index in [1.165, 1.54) is 5.56 Å². The fourth-order valence-corrected chi connectivity index (χ4v) is 3.43. The summed E-state index contributed by atoms with van der Waals surface area (Å²) in [5.74, 6) is 0.426. The number of rotatable bonds is 3. The summed E-state index contributed by atoms with van der Waals surface area (Å²) in [5, 5.41) is 7.17. The Hall–Kier alpha value is -2.95. The number of hydrogen-bond acceptors (Lipinski definition) is 3. The average molecular weight is 332 g/mol. The molecule has 0 aliphatic carbocycles. The summed E-state index contributed by atoms with van der Waals surface area (Å²) in [6, 6.07) is 16.0. The van der Waals surface area contributed by atoms with Crippen LogP contribution in [0.25, 0.3) is 11.3 Å². The van der Waals surface area contributed by atoms with E-state index in [2.05, 4.69) is 39.4 Å². The number of hydrogen-bond donors (Lipinski definition) is 1. The minimum Gasteiger partial charge on any atom is -0.337 e. The first kappa shape index (κ1) is 15.6. The Morgan fingerprint density at radius 2 is 1.92 bits per heavy atom. The number of carbonyl (C=O) groups is 1. The number of nitrogens with zero attached hydrogens (tertiary/aromatic N) is 3. The smallest absolute Gasteiger partial charge is 0.271 e. The van der Waals surface area contributed by atoms with Crippen molar-refractivity contribution in [1.29, 1.82) is 0 Å². The highest BCUT2D eigenvalue weighted by atomic mass is 16.2. The van der Waals surface area contributed by atoms with Crippen molar-refractivity contribution in [3.05, 3.63) is 72.2 Å². The van der Waals surface area contributed by atoms with Gasteiger partial charge in [-0.25, -0.2) is 0 Å². The van der Waals surface area contributed by atoms with Gasteiger partial charge in [-0.15, -0.1) is 0 Å². The molecule has 5 nitrogen and oxygen atoms in total. The predicted molar refractivity (Wildman–Crippen MR) is 96.1 cm³/mol. The number of carbonyl (C=O) groups excluding carboxylic acids is 1. The Kier molecular flexibility index (Phi) is 4.29. The third-order valence-corrected chi connectivity index (χ3v) is 4.76. The summed E-state index contributed by atoms with van der Waals surface area (Å²) in [6.07, 6.45) is 5.59. The van der Waals surface area contributed by atoms with Crippen molar-refractivity contribution in [3.63, 3.8) is 0 Å². The summed E-state index contributed by atoms with van der Waals surface area (Å²) in [4.78, 5) is 18.8. The molecule has 0 saturated carbocycles. The fraction of sp³-hybridized carbons (Fsp3) is 0.250. The van der Waals surface area contributed by atoms with Crippen molar-refractivity contribution in [2.75, 3.05) is 13.1 Å². The van der Waals surface area contributed by atoms with E-state index in [4.69, 9.17) is 0 Å². The van der Waals surface area contributed by atoms with Crippen LogP contribution in [0, 0.1) is 0 Å². The Morgan fingerprint density at radius 1 is 1.12 bits per heavy atom. The molecule has 4 rings (SSSR count). The molecule has 3 heterocycles. The molecule has 5 heteroatoms. The lowest BCUT2D eigenvalue weighted by atomic mass is 9.90. The first-order valence-electron chi connectivity index (χ1n) is 8.61. The zero-order valence-corrected chi connectivity index (χ0v) is 13.9. The maximum atomic E-state index is 12.9. The molecule has 1 saturated heterocycles. The van der Waals surface area contributed by atoms with E-state index in [1.54, 1.807) is 12.4 Å². The van der Waals surface area contributed by atoms with Crippen LogP contribution in [0.2, 0.25) is 0 Å². The van der Waals surface area contributed by atoms with E-state index in [0.717, 1.165) is 37.2 Å². The predicted octanol–water partition coefficient (Wildman–Crippen LogP) is 3.49. The van der Waals surface area contributed by atoms with Gasteiger partial charge in [-0.1, -0.05) is 30.3 Å². The largest absolute Gasteiger partial charge is 0.337 e. The molecule has 1 N–H and O–H groups in total. The fourth-order valence-electron chi connectivity index (χ4n) is 3.43. The number of aromatic amines is 1. The van der Waals surface area contributed by atoms with Gasteiger partial charge in [0.15, 0.2) is 0 Å². The molecule has 1 fully saturated rings. The van der Waals surface area contributed by atoms with Crippen LogP contribution in [-0.4, -0.2) is 39.1 Å². The van der Waals surface area contributed by atoms with Gasteiger partial charge in [-0.3, -0.25) is 14.9 Å². The first-order valence-corrected chi connectivity index (χ1v) is 8.61. The minimum atomic E-state index is 0.0217. The van der Waals surface area contributed by atoms with E-state index in [1.807, 2.05) is 29.2 Å². The molecule has 0 radical (unpaired) electrons. The summed E-state index contributed by atoms with van der Waals surface area (Å²) in [7, 11) is 0. The second-order valence-electron chi connectivity index (χ2n) is 6.40. The molecule has 1 aliphatic rings. The molecule has 1 atom stereocenters. The maximum absolute atomic E-state index is 12.9. The van der Waals surface area contributed by atoms with E-state index in [0.29, 0.717) is 11.6 Å². The van der Waals surface area contributed by atoms with Crippen LogP contribution < -0.4 is 0 Å². The van der Waals surface area contributed by atoms with E-state index in [-0.39, 0.29) is 5.91 Å². The van der Waals surface area contributed by atoms with Crippen LogP contribution >= 0.6 is 0 Å². The summed E-state index contributed by atoms with van der Waals surface area (Å²) < 4.78 is 0. The average Bonchev–Trinajstić information content (AvgIpc) is 3.19. The Balaban J connectivity index is 1.50. The highest BCUT2D eigenvalue weighted by molar-refractivity contribution is 5.93. The zero-order chi connectivity index (χ0) is 17.1. The highest BCUT2D eigenvalue weighted by Gasteiger charge is 2.26. The number of piperidine rings is 1. The van der Waals surface area contributed by atoms with Crippen LogP contribution in [0.5, 0.6) is 0 Å². The van der Waals surface area contributed by atoms with Gasteiger partial charge in [0.1, 0.15) is 5.69 Å². The number of pyridine rings is 1. The summed E-state index contributed by atoms with van der Waals surface area (Å²) in [6.45, 7) is 1.55. The standard InChI is InChI=1S/C20H20N4O/c25-20(19-13-18(22-23-19)16-8-10-21-11-9-16)24-12-4-7-17(14-24)15-5-2-1-3-6-15/h1-3,5-6,8-11,13,17H,4,7,12,14H2,(H,22,23). The lowest BCUT2D eigenvalue weighted by molar-refractivity contribution is 0.0701. The number of amides is 1. The van der Waals surface area contributed by atoms with Gasteiger partial charge in [0, 0.05) is 37.0 Å². The molecule has 25 heavy (non-hydrogen) atoms. The number of aromatic nitrogens is 3. The van der Waals surface area contributed by atoms with Gasteiger partial charge in [0.05, 0.1) is 5.69 Å². The topological polar surface area (TPSA) is 61.9 Å². The molecule has 1 unspecified atom stereocenters. The molecular formula is C20H20N4O. The first-order chi connectivity index (χ1) is 12.3. The summed E-state index contributed by atoms with van der Waals surface area (Å²) in [5.41, 5.74) is 3.57. The molecule has 0 spiro atoms. The molecule has 3 aromatic rings. The van der Waals surface area contributed by atoms with Gasteiger partial charge in [0.2, 0.25) is 0 Å². The van der Waals surface area contributed by atoms with Crippen molar-refractivity contribution in [2.24, 2.45) is 0 Å². The van der Waals surface area contributed by atoms with Gasteiger partial charge < -0.3 is 4.90 Å². The molecule has 1 amide bonds. The molecule has 2 aromatic heterocycles. The van der Waals surface area contributed by atoms with Crippen molar-refractivity contribution < 1.29 is 4.79 Å². The molecular weight excluding hydrogens is 312 g/mol. The molecule has 1 aliphatic heterocycles. The van der Waals surface area contributed by atoms with Gasteiger partial charge in [0.25, 0.3) is 5.91 Å². The van der Waals surface area contributed by atoms with Crippen LogP contribution in [0.3, 0.4) is 0 Å². The number of likely N-dealkylation sites (tertiary alicyclic amines) is 1. The van der Waals surface area contributed by atoms with Crippen molar-refractivity contribution in [3.8, 4) is 11.3 Å². The third kappa shape index (κ3) is 3.31. The highest BCUT2D eigenvalue weighted by Crippen LogP contribution is 2.27. The van der Waals surface area contributed by atoms with Crippen molar-refractivity contribution in [1.82, 2.24) is 20.1 Å². The normalized spacial score (nSPS) is 17.4. The lowest BCUT2D eigenvalue weighted by Gasteiger charge is -2.32. The SMILES string of the molecule is O=C(c1cc(-c2ccncc2)n[nH]1)N1CCCC(c2ccccc2)C1. The number of H-pyrrole nitrogens is 1. The van der Waals surface area contributed by atoms with E-state index >= 15 is 0 Å². The minimum absolute atomic E-state index is 0.0217. The van der Waals surface area contributed by atoms with E-state index < -0.39 is 0 Å². The summed E-state index contributed by atoms with van der Waals surface area (Å²) >= 11 is 0. The van der Waals surface area contributed by atoms with Crippen LogP contribution in [0.1, 0.15) is 34.8 Å². The van der Waals surface area contributed by atoms with Gasteiger partial charge >= 0.3 is 0 Å². The second-order valence-corrected chi connectivity index (χ2v) is 6.40. The van der Waals surface area contributed by atoms with Crippen molar-refractivity contribution >= 4 is 5.91 Å². The van der Waals surface area contributed by atoms with Gasteiger partial charge in [-0.05, 0) is 36.6 Å². The Bertz CT molecular complexity index is 844. The Morgan fingerprint density at radius 3 is 2.72 bits per heavy atom. The monoisotopic (exact) mass is 332 g/mol. The van der Waals surface area contributed by atoms with Gasteiger partial charge in [-0.2, -0.15) is 5.10 Å². The third-order valence-electron chi connectivity index (χ3n) is 4.76. The molecule has 126 valence electrons. The quantitative estimate of drug-likeness (QED) is 0.798. The Labute approximate surface area is 146 Å². The molecule has 1 aromatic carbocycles. The van der Waals surface area contributed by atoms with Crippen LogP contribution in [0.4, 0.5) is 0 Å². The molecule has 0 bridgehead atoms. The second kappa shape index (κ2) is 6.89. The number of nitrogens with one attached hydrogen (secondary N) is 1. The van der Waals surface area contributed by atoms with Crippen LogP contribution in [-0.2, 0) is 0 Å². The lowest BCUT2D eigenvalue weighted by Crippen LogP contribution is -2.39. The van der Waals surface area contributed by atoms with Crippen molar-refractivity contribution in [2.45, 2.75) is 18.8 Å². The van der Waals surface area contributed by atoms with E-state index in [9.17, 15) is 4.79 Å².